The van der Waals surface area contributed by atoms with Crippen LogP contribution in [0.3, 0.4) is 0 Å². The van der Waals surface area contributed by atoms with Crippen molar-refractivity contribution in [2.24, 2.45) is 5.73 Å². The van der Waals surface area contributed by atoms with Gasteiger partial charge in [0.2, 0.25) is 5.88 Å². The van der Waals surface area contributed by atoms with E-state index in [1.807, 2.05) is 24.3 Å². The van der Waals surface area contributed by atoms with Crippen LogP contribution in [0.5, 0.6) is 11.5 Å². The first-order chi connectivity index (χ1) is 14.5. The number of benzene rings is 3. The zero-order chi connectivity index (χ0) is 21.3. The topological polar surface area (TPSA) is 85.3 Å². The fraction of sp³-hybridized carbons (Fsp3) is 0.0435. The van der Waals surface area contributed by atoms with Crippen molar-refractivity contribution in [1.82, 2.24) is 0 Å². The van der Waals surface area contributed by atoms with Crippen molar-refractivity contribution in [3.63, 3.8) is 0 Å². The largest absolute Gasteiger partial charge is 0.440 e. The minimum Gasteiger partial charge on any atom is -0.440 e. The summed E-state index contributed by atoms with van der Waals surface area (Å²) < 4.78 is 12.0. The number of nitrogens with two attached hydrogens (primary N) is 1. The Morgan fingerprint density at radius 2 is 1.83 bits per heavy atom. The Bertz CT molecular complexity index is 1230. The smallest absolute Gasteiger partial charge is 0.345 e. The first-order valence-corrected chi connectivity index (χ1v) is 10.1. The molecule has 5 nitrogen and oxygen atoms in total. The maximum Gasteiger partial charge on any atom is 0.345 e. The van der Waals surface area contributed by atoms with Crippen molar-refractivity contribution in [2.75, 3.05) is 0 Å². The summed E-state index contributed by atoms with van der Waals surface area (Å²) in [6, 6.07) is 21.4. The molecule has 0 spiro atoms. The van der Waals surface area contributed by atoms with Crippen LogP contribution in [0.1, 0.15) is 27.4 Å². The lowest BCUT2D eigenvalue weighted by Crippen LogP contribution is -2.21. The van der Waals surface area contributed by atoms with Crippen LogP contribution in [0.15, 0.2) is 82.7 Å². The van der Waals surface area contributed by atoms with E-state index >= 15 is 0 Å². The summed E-state index contributed by atoms with van der Waals surface area (Å²) in [6.45, 7) is 0. The Morgan fingerprint density at radius 3 is 2.57 bits per heavy atom. The van der Waals surface area contributed by atoms with E-state index < -0.39 is 11.9 Å². The Hall–Kier alpha value is -3.27. The van der Waals surface area contributed by atoms with Gasteiger partial charge in [-0.2, -0.15) is 5.26 Å². The zero-order valence-electron chi connectivity index (χ0n) is 15.4. The third-order valence-corrected chi connectivity index (χ3v) is 5.76. The second kappa shape index (κ2) is 8.23. The third kappa shape index (κ3) is 3.65. The quantitative estimate of drug-likeness (QED) is 0.392. The molecular weight excluding hydrogens is 468 g/mol. The molecule has 1 aliphatic heterocycles. The molecule has 1 unspecified atom stereocenters. The minimum absolute atomic E-state index is 0.0142. The summed E-state index contributed by atoms with van der Waals surface area (Å²) >= 11 is 9.62. The number of nitrogens with zero attached hydrogens (tertiary/aromatic N) is 1. The number of ether oxygens (including phenoxy) is 2. The van der Waals surface area contributed by atoms with Gasteiger partial charge in [0, 0.05) is 16.1 Å². The van der Waals surface area contributed by atoms with Gasteiger partial charge in [0.25, 0.3) is 0 Å². The van der Waals surface area contributed by atoms with Crippen LogP contribution in [-0.4, -0.2) is 5.97 Å². The Balaban J connectivity index is 1.73. The fourth-order valence-electron chi connectivity index (χ4n) is 3.32. The zero-order valence-corrected chi connectivity index (χ0v) is 17.8. The van der Waals surface area contributed by atoms with E-state index in [0.717, 1.165) is 15.6 Å². The SMILES string of the molecule is N#CC1=C(N)Oc2cc(OC(=O)c3ccccc3Cl)ccc2C1c1ccccc1Br. The van der Waals surface area contributed by atoms with Crippen molar-refractivity contribution in [2.45, 2.75) is 5.92 Å². The highest BCUT2D eigenvalue weighted by atomic mass is 79.9. The second-order valence-electron chi connectivity index (χ2n) is 6.52. The van der Waals surface area contributed by atoms with Crippen LogP contribution in [0.2, 0.25) is 5.02 Å². The highest BCUT2D eigenvalue weighted by molar-refractivity contribution is 9.10. The molecular formula is C23H14BrClN2O3. The molecule has 1 atom stereocenters. The number of allylic oxidation sites excluding steroid dienone is 1. The number of fused-ring (bicyclic) bond motifs is 1. The van der Waals surface area contributed by atoms with Crippen molar-refractivity contribution >= 4 is 33.5 Å². The van der Waals surface area contributed by atoms with E-state index in [-0.39, 0.29) is 17.2 Å². The van der Waals surface area contributed by atoms with Gasteiger partial charge in [0.15, 0.2) is 0 Å². The first-order valence-electron chi connectivity index (χ1n) is 8.92. The fourth-order valence-corrected chi connectivity index (χ4v) is 4.04. The molecule has 1 aliphatic rings. The molecule has 30 heavy (non-hydrogen) atoms. The summed E-state index contributed by atoms with van der Waals surface area (Å²) in [5.74, 6) is -0.294. The van der Waals surface area contributed by atoms with Crippen molar-refractivity contribution in [3.8, 4) is 17.6 Å². The van der Waals surface area contributed by atoms with Crippen LogP contribution in [0.25, 0.3) is 0 Å². The van der Waals surface area contributed by atoms with Crippen molar-refractivity contribution in [1.29, 1.82) is 5.26 Å². The van der Waals surface area contributed by atoms with Gasteiger partial charge in [-0.3, -0.25) is 0 Å². The predicted molar refractivity (Wildman–Crippen MR) is 116 cm³/mol. The maximum atomic E-state index is 12.5. The number of halogens is 2. The number of hydrogen-bond acceptors (Lipinski definition) is 5. The molecule has 148 valence electrons. The standard InChI is InChI=1S/C23H14BrClN2O3/c24-18-7-3-1-5-14(18)21-16-10-9-13(11-20(16)30-22(27)17(21)12-26)29-23(28)15-6-2-4-8-19(15)25/h1-11,21H,27H2. The third-order valence-electron chi connectivity index (χ3n) is 4.71. The predicted octanol–water partition coefficient (Wildman–Crippen LogP) is 5.54. The summed E-state index contributed by atoms with van der Waals surface area (Å²) in [4.78, 5) is 12.5. The lowest BCUT2D eigenvalue weighted by molar-refractivity contribution is 0.0734. The Morgan fingerprint density at radius 1 is 1.10 bits per heavy atom. The molecule has 0 aliphatic carbocycles. The average Bonchev–Trinajstić information content (AvgIpc) is 2.73. The molecule has 0 bridgehead atoms. The van der Waals surface area contributed by atoms with Crippen LogP contribution in [0.4, 0.5) is 0 Å². The molecule has 0 fully saturated rings. The van der Waals surface area contributed by atoms with Crippen LogP contribution in [-0.2, 0) is 0 Å². The van der Waals surface area contributed by atoms with Crippen LogP contribution in [0, 0.1) is 11.3 Å². The van der Waals surface area contributed by atoms with E-state index in [1.54, 1.807) is 42.5 Å². The second-order valence-corrected chi connectivity index (χ2v) is 7.78. The lowest BCUT2D eigenvalue weighted by atomic mass is 9.83. The molecule has 0 aromatic heterocycles. The van der Waals surface area contributed by atoms with Gasteiger partial charge in [-0.15, -0.1) is 0 Å². The number of rotatable bonds is 3. The molecule has 7 heteroatoms. The molecule has 3 aromatic carbocycles. The van der Waals surface area contributed by atoms with Crippen molar-refractivity contribution < 1.29 is 14.3 Å². The lowest BCUT2D eigenvalue weighted by Gasteiger charge is -2.27. The number of carbonyl (C=O) groups is 1. The summed E-state index contributed by atoms with van der Waals surface area (Å²) in [6.07, 6.45) is 0. The number of esters is 1. The van der Waals surface area contributed by atoms with Gasteiger partial charge in [-0.25, -0.2) is 4.79 Å². The van der Waals surface area contributed by atoms with Crippen molar-refractivity contribution in [3.05, 3.63) is 104 Å². The molecule has 0 radical (unpaired) electrons. The molecule has 3 aromatic rings. The molecule has 0 amide bonds. The summed E-state index contributed by atoms with van der Waals surface area (Å²) in [5, 5.41) is 9.97. The van der Waals surface area contributed by atoms with Gasteiger partial charge in [-0.1, -0.05) is 63.9 Å². The van der Waals surface area contributed by atoms with Gasteiger partial charge < -0.3 is 15.2 Å². The van der Waals surface area contributed by atoms with Gasteiger partial charge >= 0.3 is 5.97 Å². The van der Waals surface area contributed by atoms with Crippen LogP contribution < -0.4 is 15.2 Å². The molecule has 0 saturated carbocycles. The monoisotopic (exact) mass is 480 g/mol. The molecule has 4 rings (SSSR count). The first kappa shape index (κ1) is 20.0. The van der Waals surface area contributed by atoms with E-state index in [4.69, 9.17) is 26.8 Å². The number of carbonyl (C=O) groups excluding carboxylic acids is 1. The molecule has 2 N–H and O–H groups in total. The highest BCUT2D eigenvalue weighted by Crippen LogP contribution is 2.45. The van der Waals surface area contributed by atoms with Gasteiger partial charge in [0.05, 0.1) is 16.5 Å². The van der Waals surface area contributed by atoms with Crippen LogP contribution >= 0.6 is 27.5 Å². The van der Waals surface area contributed by atoms with Gasteiger partial charge in [-0.05, 0) is 29.8 Å². The normalized spacial score (nSPS) is 15.0. The minimum atomic E-state index is -0.583. The van der Waals surface area contributed by atoms with E-state index in [9.17, 15) is 10.1 Å². The van der Waals surface area contributed by atoms with Gasteiger partial charge in [0.1, 0.15) is 23.1 Å². The average molecular weight is 482 g/mol. The highest BCUT2D eigenvalue weighted by Gasteiger charge is 2.32. The number of hydrogen-bond donors (Lipinski definition) is 1. The van der Waals surface area contributed by atoms with E-state index in [0.29, 0.717) is 16.3 Å². The molecule has 0 saturated heterocycles. The maximum absolute atomic E-state index is 12.5. The molecule has 1 heterocycles. The summed E-state index contributed by atoms with van der Waals surface area (Å²) in [7, 11) is 0. The number of nitriles is 1. The Kier molecular flexibility index (Phi) is 5.49. The van der Waals surface area contributed by atoms with E-state index in [2.05, 4.69) is 22.0 Å². The summed E-state index contributed by atoms with van der Waals surface area (Å²) in [5.41, 5.74) is 8.23. The Labute approximate surface area is 186 Å². The van der Waals surface area contributed by atoms with E-state index in [1.165, 1.54) is 0 Å².